The molecule has 0 saturated carbocycles. The molecular weight excluding hydrogens is 405 g/mol. The predicted octanol–water partition coefficient (Wildman–Crippen LogP) is 4.38. The molecule has 0 aliphatic carbocycles. The summed E-state index contributed by atoms with van der Waals surface area (Å²) in [5, 5.41) is 19.4. The quantitative estimate of drug-likeness (QED) is 0.654. The number of carboxylic acids is 2. The molecule has 7 nitrogen and oxygen atoms in total. The Hall–Kier alpha value is -2.78. The molecule has 1 fully saturated rings. The second kappa shape index (κ2) is 10.3. The minimum atomic E-state index is -5.08. The summed E-state index contributed by atoms with van der Waals surface area (Å²) >= 11 is 0. The molecule has 3 N–H and O–H groups in total. The van der Waals surface area contributed by atoms with Crippen molar-refractivity contribution in [3.05, 3.63) is 23.8 Å². The first-order chi connectivity index (χ1) is 13.7. The van der Waals surface area contributed by atoms with Gasteiger partial charge < -0.3 is 20.4 Å². The van der Waals surface area contributed by atoms with Gasteiger partial charge in [-0.25, -0.2) is 9.59 Å². The summed E-state index contributed by atoms with van der Waals surface area (Å²) in [5.41, 5.74) is 0.845. The van der Waals surface area contributed by atoms with Crippen LogP contribution in [0.15, 0.2) is 18.2 Å². The molecule has 1 saturated heterocycles. The molecule has 2 rings (SSSR count). The number of aliphatic carboxylic acids is 1. The van der Waals surface area contributed by atoms with Crippen LogP contribution in [-0.2, 0) is 9.59 Å². The summed E-state index contributed by atoms with van der Waals surface area (Å²) in [5.74, 6) is -3.97. The van der Waals surface area contributed by atoms with Gasteiger partial charge in [-0.2, -0.15) is 13.2 Å². The van der Waals surface area contributed by atoms with E-state index in [2.05, 4.69) is 10.2 Å². The number of aromatic carboxylic acids is 1. The number of hydrogen-bond donors (Lipinski definition) is 3. The van der Waals surface area contributed by atoms with E-state index in [1.165, 1.54) is 12.8 Å². The molecule has 1 aromatic carbocycles. The first-order valence-corrected chi connectivity index (χ1v) is 9.47. The van der Waals surface area contributed by atoms with Gasteiger partial charge in [-0.1, -0.05) is 33.6 Å². The molecule has 1 amide bonds. The molecule has 0 spiro atoms. The molecule has 0 atom stereocenters. The Morgan fingerprint density at radius 2 is 1.47 bits per heavy atom. The van der Waals surface area contributed by atoms with E-state index in [0.717, 1.165) is 31.6 Å². The number of amides is 1. The molecule has 0 unspecified atom stereocenters. The van der Waals surface area contributed by atoms with E-state index in [1.54, 1.807) is 32.9 Å². The SMILES string of the molecule is CC(C)(C)C(=O)Nc1ccc(N2CCCCCC2)cc1C(=O)O.O=C(O)C(F)(F)F. The van der Waals surface area contributed by atoms with Gasteiger partial charge in [0.15, 0.2) is 0 Å². The Morgan fingerprint density at radius 1 is 0.967 bits per heavy atom. The molecular formula is C20H27F3N2O5. The van der Waals surface area contributed by atoms with Gasteiger partial charge in [-0.05, 0) is 31.0 Å². The molecule has 1 aliphatic rings. The fraction of sp³-hybridized carbons (Fsp3) is 0.550. The Balaban J connectivity index is 0.000000553. The largest absolute Gasteiger partial charge is 0.490 e. The van der Waals surface area contributed by atoms with Crippen LogP contribution >= 0.6 is 0 Å². The zero-order valence-electron chi connectivity index (χ0n) is 17.2. The van der Waals surface area contributed by atoms with E-state index < -0.39 is 23.5 Å². The molecule has 168 valence electrons. The van der Waals surface area contributed by atoms with Gasteiger partial charge in [0.25, 0.3) is 0 Å². The van der Waals surface area contributed by atoms with Crippen molar-refractivity contribution in [1.82, 2.24) is 0 Å². The lowest BCUT2D eigenvalue weighted by molar-refractivity contribution is -0.192. The summed E-state index contributed by atoms with van der Waals surface area (Å²) in [6.07, 6.45) is -0.375. The number of carbonyl (C=O) groups is 3. The summed E-state index contributed by atoms with van der Waals surface area (Å²) in [4.78, 5) is 34.8. The highest BCUT2D eigenvalue weighted by Crippen LogP contribution is 2.27. The van der Waals surface area contributed by atoms with Crippen molar-refractivity contribution in [1.29, 1.82) is 0 Å². The average molecular weight is 432 g/mol. The lowest BCUT2D eigenvalue weighted by Gasteiger charge is -2.24. The van der Waals surface area contributed by atoms with E-state index in [9.17, 15) is 27.9 Å². The zero-order chi connectivity index (χ0) is 23.1. The first kappa shape index (κ1) is 25.3. The Labute approximate surface area is 172 Å². The third-order valence-electron chi connectivity index (χ3n) is 4.38. The molecule has 30 heavy (non-hydrogen) atoms. The van der Waals surface area contributed by atoms with Crippen molar-refractivity contribution >= 4 is 29.2 Å². The van der Waals surface area contributed by atoms with Gasteiger partial charge in [0.2, 0.25) is 5.91 Å². The van der Waals surface area contributed by atoms with E-state index >= 15 is 0 Å². The number of nitrogens with zero attached hydrogens (tertiary/aromatic N) is 1. The van der Waals surface area contributed by atoms with Gasteiger partial charge in [0, 0.05) is 24.2 Å². The van der Waals surface area contributed by atoms with Crippen LogP contribution in [0, 0.1) is 5.41 Å². The van der Waals surface area contributed by atoms with Crippen molar-refractivity contribution in [2.45, 2.75) is 52.6 Å². The van der Waals surface area contributed by atoms with Crippen molar-refractivity contribution in [3.8, 4) is 0 Å². The number of anilines is 2. The van der Waals surface area contributed by atoms with Crippen LogP contribution in [0.4, 0.5) is 24.5 Å². The van der Waals surface area contributed by atoms with Crippen LogP contribution in [0.25, 0.3) is 0 Å². The fourth-order valence-corrected chi connectivity index (χ4v) is 2.65. The highest BCUT2D eigenvalue weighted by Gasteiger charge is 2.38. The van der Waals surface area contributed by atoms with E-state index in [4.69, 9.17) is 9.90 Å². The lowest BCUT2D eigenvalue weighted by atomic mass is 9.95. The maximum absolute atomic E-state index is 12.1. The highest BCUT2D eigenvalue weighted by atomic mass is 19.4. The van der Waals surface area contributed by atoms with E-state index in [1.807, 2.05) is 6.07 Å². The molecule has 0 radical (unpaired) electrons. The van der Waals surface area contributed by atoms with Gasteiger partial charge in [0.1, 0.15) is 0 Å². The number of hydrogen-bond acceptors (Lipinski definition) is 4. The third kappa shape index (κ3) is 7.92. The second-order valence-corrected chi connectivity index (χ2v) is 7.94. The summed E-state index contributed by atoms with van der Waals surface area (Å²) in [6, 6.07) is 5.27. The predicted molar refractivity (Wildman–Crippen MR) is 106 cm³/mol. The van der Waals surface area contributed by atoms with Crippen LogP contribution in [-0.4, -0.2) is 47.3 Å². The monoisotopic (exact) mass is 432 g/mol. The Morgan fingerprint density at radius 3 is 1.87 bits per heavy atom. The number of rotatable bonds is 3. The van der Waals surface area contributed by atoms with Crippen LogP contribution in [0.3, 0.4) is 0 Å². The van der Waals surface area contributed by atoms with Crippen molar-refractivity contribution < 1.29 is 37.8 Å². The van der Waals surface area contributed by atoms with E-state index in [-0.39, 0.29) is 11.5 Å². The third-order valence-corrected chi connectivity index (χ3v) is 4.38. The normalized spacial score (nSPS) is 14.8. The van der Waals surface area contributed by atoms with Crippen molar-refractivity contribution in [3.63, 3.8) is 0 Å². The number of halogens is 3. The highest BCUT2D eigenvalue weighted by molar-refractivity contribution is 6.02. The number of benzene rings is 1. The first-order valence-electron chi connectivity index (χ1n) is 9.47. The number of alkyl halides is 3. The molecule has 0 aromatic heterocycles. The molecule has 1 aliphatic heterocycles. The molecule has 10 heteroatoms. The van der Waals surface area contributed by atoms with Crippen LogP contribution in [0.2, 0.25) is 0 Å². The van der Waals surface area contributed by atoms with Crippen molar-refractivity contribution in [2.24, 2.45) is 5.41 Å². The average Bonchev–Trinajstić information content (AvgIpc) is 2.90. The maximum atomic E-state index is 12.1. The minimum absolute atomic E-state index is 0.143. The Kier molecular flexibility index (Phi) is 8.68. The van der Waals surface area contributed by atoms with Crippen LogP contribution in [0.1, 0.15) is 56.8 Å². The number of carboxylic acid groups (broad SMARTS) is 2. The Bertz CT molecular complexity index is 765. The standard InChI is InChI=1S/C18H26N2O3.C2HF3O2/c1-18(2,3)17(23)19-15-9-8-13(12-14(15)16(21)22)20-10-6-4-5-7-11-20;3-2(4,5)1(6)7/h8-9,12H,4-7,10-11H2,1-3H3,(H,19,23)(H,21,22);(H,6,7). The second-order valence-electron chi connectivity index (χ2n) is 7.94. The smallest absolute Gasteiger partial charge is 0.478 e. The van der Waals surface area contributed by atoms with Gasteiger partial charge >= 0.3 is 18.1 Å². The van der Waals surface area contributed by atoms with Gasteiger partial charge in [-0.3, -0.25) is 4.79 Å². The topological polar surface area (TPSA) is 107 Å². The van der Waals surface area contributed by atoms with Crippen LogP contribution < -0.4 is 10.2 Å². The minimum Gasteiger partial charge on any atom is -0.478 e. The fourth-order valence-electron chi connectivity index (χ4n) is 2.65. The molecule has 1 heterocycles. The van der Waals surface area contributed by atoms with Crippen molar-refractivity contribution in [2.75, 3.05) is 23.3 Å². The molecule has 0 bridgehead atoms. The number of nitrogens with one attached hydrogen (secondary N) is 1. The van der Waals surface area contributed by atoms with E-state index in [0.29, 0.717) is 5.69 Å². The lowest BCUT2D eigenvalue weighted by Crippen LogP contribution is -2.29. The molecule has 1 aromatic rings. The number of carbonyl (C=O) groups excluding carboxylic acids is 1. The van der Waals surface area contributed by atoms with Gasteiger partial charge in [-0.15, -0.1) is 0 Å². The van der Waals surface area contributed by atoms with Crippen LogP contribution in [0.5, 0.6) is 0 Å². The maximum Gasteiger partial charge on any atom is 0.490 e. The summed E-state index contributed by atoms with van der Waals surface area (Å²) < 4.78 is 31.7. The summed E-state index contributed by atoms with van der Waals surface area (Å²) in [7, 11) is 0. The zero-order valence-corrected chi connectivity index (χ0v) is 17.2. The summed E-state index contributed by atoms with van der Waals surface area (Å²) in [6.45, 7) is 7.30. The van der Waals surface area contributed by atoms with Gasteiger partial charge in [0.05, 0.1) is 11.3 Å².